The molecule has 0 atom stereocenters. The molecule has 0 spiro atoms. The van der Waals surface area contributed by atoms with E-state index in [1.807, 2.05) is 24.1 Å². The number of benzene rings is 1. The fourth-order valence-corrected chi connectivity index (χ4v) is 3.78. The lowest BCUT2D eigenvalue weighted by Gasteiger charge is -2.34. The summed E-state index contributed by atoms with van der Waals surface area (Å²) in [5.41, 5.74) is 0.531. The Morgan fingerprint density at radius 3 is 2.59 bits per heavy atom. The van der Waals surface area contributed by atoms with Crippen molar-refractivity contribution < 1.29 is 19.1 Å². The maximum atomic E-state index is 12.9. The van der Waals surface area contributed by atoms with E-state index >= 15 is 0 Å². The zero-order chi connectivity index (χ0) is 20.8. The second-order valence-electron chi connectivity index (χ2n) is 6.97. The molecule has 0 radical (unpaired) electrons. The van der Waals surface area contributed by atoms with Crippen molar-refractivity contribution in [1.29, 1.82) is 0 Å². The van der Waals surface area contributed by atoms with Crippen LogP contribution in [-0.4, -0.2) is 67.6 Å². The van der Waals surface area contributed by atoms with Gasteiger partial charge in [-0.15, -0.1) is 11.3 Å². The average molecular weight is 419 g/mol. The van der Waals surface area contributed by atoms with Crippen LogP contribution in [0, 0.1) is 0 Å². The number of aromatic nitrogens is 1. The van der Waals surface area contributed by atoms with Crippen LogP contribution in [0.15, 0.2) is 29.8 Å². The minimum atomic E-state index is -0.208. The maximum absolute atomic E-state index is 12.9. The fraction of sp³-hybridized carbons (Fsp3) is 0.450. The molecule has 0 bridgehead atoms. The molecule has 1 aliphatic heterocycles. The summed E-state index contributed by atoms with van der Waals surface area (Å²) in [4.78, 5) is 33.0. The first-order chi connectivity index (χ1) is 14.0. The van der Waals surface area contributed by atoms with Crippen LogP contribution in [0.3, 0.4) is 0 Å². The van der Waals surface area contributed by atoms with Gasteiger partial charge in [0.05, 0.1) is 7.11 Å². The zero-order valence-corrected chi connectivity index (χ0v) is 17.7. The van der Waals surface area contributed by atoms with E-state index < -0.39 is 0 Å². The predicted octanol–water partition coefficient (Wildman–Crippen LogP) is 2.02. The Bertz CT molecular complexity index is 833. The van der Waals surface area contributed by atoms with E-state index in [2.05, 4.69) is 15.2 Å². The van der Waals surface area contributed by atoms with E-state index in [1.54, 1.807) is 35.7 Å². The molecule has 156 valence electrons. The summed E-state index contributed by atoms with van der Waals surface area (Å²) >= 11 is 1.60. The number of piperazine rings is 1. The molecule has 1 aromatic heterocycles. The highest BCUT2D eigenvalue weighted by Gasteiger charge is 2.24. The second-order valence-corrected chi connectivity index (χ2v) is 7.84. The van der Waals surface area contributed by atoms with Crippen LogP contribution in [0.25, 0.3) is 0 Å². The number of nitrogens with zero attached hydrogens (tertiary/aromatic N) is 3. The Hall–Kier alpha value is -2.81. The summed E-state index contributed by atoms with van der Waals surface area (Å²) in [5.74, 6) is 0.595. The van der Waals surface area contributed by atoms with Crippen molar-refractivity contribution in [3.63, 3.8) is 0 Å². The van der Waals surface area contributed by atoms with Crippen molar-refractivity contribution in [2.24, 2.45) is 0 Å². The first-order valence-electron chi connectivity index (χ1n) is 9.52. The average Bonchev–Trinajstić information content (AvgIpc) is 3.26. The summed E-state index contributed by atoms with van der Waals surface area (Å²) in [6, 6.07) is 5.07. The summed E-state index contributed by atoms with van der Waals surface area (Å²) in [5, 5.41) is 5.70. The van der Waals surface area contributed by atoms with E-state index in [0.717, 1.165) is 18.2 Å². The van der Waals surface area contributed by atoms with Crippen molar-refractivity contribution in [2.45, 2.75) is 19.9 Å². The molecule has 0 saturated carbocycles. The predicted molar refractivity (Wildman–Crippen MR) is 112 cm³/mol. The Morgan fingerprint density at radius 2 is 1.97 bits per heavy atom. The molecule has 9 heteroatoms. The Morgan fingerprint density at radius 1 is 1.21 bits per heavy atom. The Labute approximate surface area is 174 Å². The van der Waals surface area contributed by atoms with Gasteiger partial charge in [0.1, 0.15) is 0 Å². The lowest BCUT2D eigenvalue weighted by atomic mass is 10.1. The molecular formula is C20H26N4O4S. The van der Waals surface area contributed by atoms with E-state index in [-0.39, 0.29) is 24.5 Å². The number of amides is 2. The molecule has 29 heavy (non-hydrogen) atoms. The molecule has 1 fully saturated rings. The first-order valence-corrected chi connectivity index (χ1v) is 10.4. The number of carbonyl (C=O) groups is 2. The number of hydrogen-bond donors (Lipinski definition) is 1. The molecule has 1 aliphatic rings. The maximum Gasteiger partial charge on any atom is 0.258 e. The number of nitrogens with one attached hydrogen (secondary N) is 1. The van der Waals surface area contributed by atoms with Gasteiger partial charge in [-0.25, -0.2) is 4.98 Å². The molecule has 1 aromatic carbocycles. The number of thiazole rings is 1. The van der Waals surface area contributed by atoms with E-state index in [0.29, 0.717) is 30.2 Å². The van der Waals surface area contributed by atoms with Gasteiger partial charge in [-0.3, -0.25) is 9.59 Å². The van der Waals surface area contributed by atoms with E-state index in [9.17, 15) is 9.59 Å². The molecule has 8 nitrogen and oxygen atoms in total. The molecule has 1 N–H and O–H groups in total. The summed E-state index contributed by atoms with van der Waals surface area (Å²) in [6.45, 7) is 6.43. The molecule has 2 heterocycles. The van der Waals surface area contributed by atoms with Crippen molar-refractivity contribution in [3.05, 3.63) is 35.3 Å². The molecule has 2 aromatic rings. The SMILES string of the molecule is COc1cc(C(=O)N2CCN(c3nccs3)CC2)ccc1OCC(=O)NC(C)C. The monoisotopic (exact) mass is 418 g/mol. The Kier molecular flexibility index (Phi) is 6.92. The minimum absolute atomic E-state index is 0.0454. The number of ether oxygens (including phenoxy) is 2. The van der Waals surface area contributed by atoms with Crippen LogP contribution in [0.5, 0.6) is 11.5 Å². The van der Waals surface area contributed by atoms with Crippen LogP contribution in [-0.2, 0) is 4.79 Å². The third kappa shape index (κ3) is 5.38. The summed E-state index contributed by atoms with van der Waals surface area (Å²) in [6.07, 6.45) is 1.79. The topological polar surface area (TPSA) is 84.0 Å². The standard InChI is InChI=1S/C20H26N4O4S/c1-14(2)22-18(25)13-28-16-5-4-15(12-17(16)27-3)19(26)23-7-9-24(10-8-23)20-21-6-11-29-20/h4-6,11-12,14H,7-10,13H2,1-3H3,(H,22,25). The van der Waals surface area contributed by atoms with Gasteiger partial charge < -0.3 is 24.6 Å². The minimum Gasteiger partial charge on any atom is -0.493 e. The quantitative estimate of drug-likeness (QED) is 0.741. The smallest absolute Gasteiger partial charge is 0.258 e. The number of anilines is 1. The molecule has 3 rings (SSSR count). The van der Waals surface area contributed by atoms with Gasteiger partial charge in [0, 0.05) is 49.4 Å². The molecule has 0 unspecified atom stereocenters. The summed E-state index contributed by atoms with van der Waals surface area (Å²) in [7, 11) is 1.51. The van der Waals surface area contributed by atoms with Gasteiger partial charge in [-0.1, -0.05) is 0 Å². The van der Waals surface area contributed by atoms with Crippen LogP contribution in [0.4, 0.5) is 5.13 Å². The molecule has 1 saturated heterocycles. The zero-order valence-electron chi connectivity index (χ0n) is 16.9. The summed E-state index contributed by atoms with van der Waals surface area (Å²) < 4.78 is 10.9. The highest BCUT2D eigenvalue weighted by atomic mass is 32.1. The normalized spacial score (nSPS) is 14.1. The van der Waals surface area contributed by atoms with Crippen molar-refractivity contribution >= 4 is 28.3 Å². The lowest BCUT2D eigenvalue weighted by Crippen LogP contribution is -2.48. The van der Waals surface area contributed by atoms with Gasteiger partial charge in [0.25, 0.3) is 11.8 Å². The van der Waals surface area contributed by atoms with Crippen LogP contribution in [0.1, 0.15) is 24.2 Å². The van der Waals surface area contributed by atoms with E-state index in [1.165, 1.54) is 7.11 Å². The third-order valence-electron chi connectivity index (χ3n) is 4.48. The van der Waals surface area contributed by atoms with Crippen LogP contribution in [0.2, 0.25) is 0 Å². The third-order valence-corrected chi connectivity index (χ3v) is 5.31. The van der Waals surface area contributed by atoms with Crippen molar-refractivity contribution in [3.8, 4) is 11.5 Å². The number of methoxy groups -OCH3 is 1. The van der Waals surface area contributed by atoms with Crippen molar-refractivity contribution in [1.82, 2.24) is 15.2 Å². The first kappa shape index (κ1) is 20.9. The largest absolute Gasteiger partial charge is 0.493 e. The van der Waals surface area contributed by atoms with Crippen molar-refractivity contribution in [2.75, 3.05) is 44.8 Å². The number of rotatable bonds is 7. The lowest BCUT2D eigenvalue weighted by molar-refractivity contribution is -0.123. The fourth-order valence-electron chi connectivity index (χ4n) is 3.08. The Balaban J connectivity index is 1.60. The van der Waals surface area contributed by atoms with Gasteiger partial charge in [0.15, 0.2) is 23.2 Å². The van der Waals surface area contributed by atoms with Gasteiger partial charge in [0.2, 0.25) is 0 Å². The second kappa shape index (κ2) is 9.60. The molecule has 0 aliphatic carbocycles. The molecular weight excluding hydrogens is 392 g/mol. The van der Waals surface area contributed by atoms with E-state index in [4.69, 9.17) is 9.47 Å². The van der Waals surface area contributed by atoms with Gasteiger partial charge in [-0.2, -0.15) is 0 Å². The van der Waals surface area contributed by atoms with Gasteiger partial charge in [-0.05, 0) is 32.0 Å². The number of hydrogen-bond acceptors (Lipinski definition) is 7. The molecule has 2 amide bonds. The van der Waals surface area contributed by atoms with Crippen LogP contribution < -0.4 is 19.7 Å². The highest BCUT2D eigenvalue weighted by Crippen LogP contribution is 2.29. The highest BCUT2D eigenvalue weighted by molar-refractivity contribution is 7.13. The number of carbonyl (C=O) groups excluding carboxylic acids is 2. The van der Waals surface area contributed by atoms with Crippen LogP contribution >= 0.6 is 11.3 Å². The van der Waals surface area contributed by atoms with Gasteiger partial charge >= 0.3 is 0 Å².